The molecule has 0 aromatic heterocycles. The molecule has 0 bridgehead atoms. The topological polar surface area (TPSA) is 0 Å². The van der Waals surface area contributed by atoms with Crippen LogP contribution in [0.4, 0.5) is 4.39 Å². The van der Waals surface area contributed by atoms with Crippen LogP contribution >= 0.6 is 0 Å². The molecule has 0 nitrogen and oxygen atoms in total. The van der Waals surface area contributed by atoms with Crippen LogP contribution in [0.1, 0.15) is 34.1 Å². The smallest absolute Gasteiger partial charge is 0.150 e. The molecule has 0 aromatic carbocycles. The van der Waals surface area contributed by atoms with Crippen LogP contribution < -0.4 is 0 Å². The van der Waals surface area contributed by atoms with Crippen LogP contribution in [0.3, 0.4) is 0 Å². The van der Waals surface area contributed by atoms with Gasteiger partial charge in [0.2, 0.25) is 0 Å². The van der Waals surface area contributed by atoms with Crippen LogP contribution in [0, 0.1) is 11.8 Å². The lowest BCUT2D eigenvalue weighted by molar-refractivity contribution is 0.127. The number of alkyl halides is 1. The Labute approximate surface area is 64.6 Å². The summed E-state index contributed by atoms with van der Waals surface area (Å²) in [7, 11) is 1.70. The Morgan fingerprint density at radius 3 is 1.90 bits per heavy atom. The Bertz CT molecular complexity index is 99.4. The normalized spacial score (nSPS) is 20.6. The van der Waals surface area contributed by atoms with Crippen molar-refractivity contribution in [3.63, 3.8) is 0 Å². The SMILES string of the molecule is BC(F)(C(C)C)C(C)CC. The predicted molar refractivity (Wildman–Crippen MR) is 46.7 cm³/mol. The zero-order chi connectivity index (χ0) is 8.36. The molecule has 0 aromatic rings. The summed E-state index contributed by atoms with van der Waals surface area (Å²) >= 11 is 0. The maximum atomic E-state index is 13.6. The van der Waals surface area contributed by atoms with E-state index in [1.807, 2.05) is 27.7 Å². The molecule has 2 atom stereocenters. The summed E-state index contributed by atoms with van der Waals surface area (Å²) in [5.74, 6) is 0.301. The average Bonchev–Trinajstić information content (AvgIpc) is 1.86. The number of rotatable bonds is 3. The van der Waals surface area contributed by atoms with Gasteiger partial charge in [-0.2, -0.15) is 0 Å². The maximum absolute atomic E-state index is 13.6. The fourth-order valence-corrected chi connectivity index (χ4v) is 0.968. The van der Waals surface area contributed by atoms with Gasteiger partial charge in [0, 0.05) is 0 Å². The van der Waals surface area contributed by atoms with E-state index in [1.165, 1.54) is 0 Å². The van der Waals surface area contributed by atoms with Gasteiger partial charge in [-0.25, -0.2) is 0 Å². The van der Waals surface area contributed by atoms with E-state index < -0.39 is 5.57 Å². The molecule has 0 N–H and O–H groups in total. The summed E-state index contributed by atoms with van der Waals surface area (Å²) in [5.41, 5.74) is -0.991. The first-order valence-corrected chi connectivity index (χ1v) is 4.11. The van der Waals surface area contributed by atoms with Crippen molar-refractivity contribution >= 4 is 7.85 Å². The Morgan fingerprint density at radius 1 is 1.40 bits per heavy atom. The van der Waals surface area contributed by atoms with Gasteiger partial charge >= 0.3 is 0 Å². The fraction of sp³-hybridized carbons (Fsp3) is 1.00. The van der Waals surface area contributed by atoms with Crippen molar-refractivity contribution in [2.24, 2.45) is 11.8 Å². The lowest BCUT2D eigenvalue weighted by Gasteiger charge is -2.30. The molecule has 60 valence electrons. The van der Waals surface area contributed by atoms with E-state index in [2.05, 4.69) is 0 Å². The van der Waals surface area contributed by atoms with Gasteiger partial charge in [0.25, 0.3) is 0 Å². The number of halogens is 1. The Morgan fingerprint density at radius 2 is 1.80 bits per heavy atom. The van der Waals surface area contributed by atoms with E-state index in [1.54, 1.807) is 7.85 Å². The minimum atomic E-state index is -0.991. The van der Waals surface area contributed by atoms with Gasteiger partial charge in [-0.05, 0) is 11.8 Å². The third kappa shape index (κ3) is 2.00. The first-order valence-electron chi connectivity index (χ1n) is 4.11. The molecule has 0 radical (unpaired) electrons. The highest BCUT2D eigenvalue weighted by Crippen LogP contribution is 2.28. The van der Waals surface area contributed by atoms with Crippen LogP contribution in [-0.4, -0.2) is 13.4 Å². The van der Waals surface area contributed by atoms with Gasteiger partial charge < -0.3 is 0 Å². The zero-order valence-corrected chi connectivity index (χ0v) is 7.74. The summed E-state index contributed by atoms with van der Waals surface area (Å²) in [5, 5.41) is 0. The van der Waals surface area contributed by atoms with Gasteiger partial charge in [0.05, 0.1) is 5.57 Å². The zero-order valence-electron chi connectivity index (χ0n) is 7.74. The fourth-order valence-electron chi connectivity index (χ4n) is 0.968. The standard InChI is InChI=1S/C8H18BF/c1-5-7(4)8(9,10)6(2)3/h6-7H,5,9H2,1-4H3. The van der Waals surface area contributed by atoms with Gasteiger partial charge in [0.15, 0.2) is 7.85 Å². The van der Waals surface area contributed by atoms with E-state index in [4.69, 9.17) is 0 Å². The Hall–Kier alpha value is -0.00506. The van der Waals surface area contributed by atoms with Crippen molar-refractivity contribution in [2.45, 2.75) is 39.7 Å². The van der Waals surface area contributed by atoms with Gasteiger partial charge in [-0.1, -0.05) is 34.1 Å². The third-order valence-corrected chi connectivity index (χ3v) is 2.70. The van der Waals surface area contributed by atoms with Crippen LogP contribution in [0.2, 0.25) is 0 Å². The summed E-state index contributed by atoms with van der Waals surface area (Å²) in [6, 6.07) is 0. The lowest BCUT2D eigenvalue weighted by Crippen LogP contribution is -2.37. The second-order valence-electron chi connectivity index (χ2n) is 3.62. The van der Waals surface area contributed by atoms with Crippen molar-refractivity contribution in [1.29, 1.82) is 0 Å². The molecule has 0 spiro atoms. The Balaban J connectivity index is 4.09. The summed E-state index contributed by atoms with van der Waals surface area (Å²) in [6.45, 7) is 7.88. The lowest BCUT2D eigenvalue weighted by atomic mass is 9.66. The molecule has 0 heterocycles. The first-order chi connectivity index (χ1) is 4.42. The van der Waals surface area contributed by atoms with Crippen LogP contribution in [0.5, 0.6) is 0 Å². The van der Waals surface area contributed by atoms with Crippen molar-refractivity contribution < 1.29 is 4.39 Å². The number of hydrogen-bond acceptors (Lipinski definition) is 0. The second-order valence-corrected chi connectivity index (χ2v) is 3.62. The van der Waals surface area contributed by atoms with E-state index in [0.29, 0.717) is 0 Å². The molecule has 0 aliphatic carbocycles. The highest BCUT2D eigenvalue weighted by molar-refractivity contribution is 6.14. The quantitative estimate of drug-likeness (QED) is 0.531. The van der Waals surface area contributed by atoms with E-state index in [-0.39, 0.29) is 11.8 Å². The highest BCUT2D eigenvalue weighted by atomic mass is 19.1. The van der Waals surface area contributed by atoms with Crippen LogP contribution in [-0.2, 0) is 0 Å². The average molecular weight is 144 g/mol. The molecule has 0 saturated heterocycles. The molecule has 0 fully saturated rings. The molecular weight excluding hydrogens is 126 g/mol. The van der Waals surface area contributed by atoms with Crippen LogP contribution in [0.15, 0.2) is 0 Å². The monoisotopic (exact) mass is 144 g/mol. The van der Waals surface area contributed by atoms with Gasteiger partial charge in [-0.3, -0.25) is 4.39 Å². The molecule has 0 amide bonds. The molecule has 2 heteroatoms. The molecule has 0 rings (SSSR count). The van der Waals surface area contributed by atoms with Crippen molar-refractivity contribution in [1.82, 2.24) is 0 Å². The van der Waals surface area contributed by atoms with E-state index >= 15 is 0 Å². The summed E-state index contributed by atoms with van der Waals surface area (Å²) in [6.07, 6.45) is 0.922. The second kappa shape index (κ2) is 3.40. The summed E-state index contributed by atoms with van der Waals surface area (Å²) < 4.78 is 13.6. The van der Waals surface area contributed by atoms with Crippen LogP contribution in [0.25, 0.3) is 0 Å². The number of hydrogen-bond donors (Lipinski definition) is 0. The minimum Gasteiger partial charge on any atom is -0.254 e. The Kier molecular flexibility index (Phi) is 3.40. The summed E-state index contributed by atoms with van der Waals surface area (Å²) in [4.78, 5) is 0. The van der Waals surface area contributed by atoms with Crippen molar-refractivity contribution in [3.05, 3.63) is 0 Å². The van der Waals surface area contributed by atoms with E-state index in [9.17, 15) is 4.39 Å². The maximum Gasteiger partial charge on any atom is 0.150 e. The highest BCUT2D eigenvalue weighted by Gasteiger charge is 2.32. The van der Waals surface area contributed by atoms with E-state index in [0.717, 1.165) is 6.42 Å². The molecule has 10 heavy (non-hydrogen) atoms. The molecule has 0 aliphatic rings. The molecule has 0 aliphatic heterocycles. The van der Waals surface area contributed by atoms with Gasteiger partial charge in [0.1, 0.15) is 0 Å². The minimum absolute atomic E-state index is 0.127. The predicted octanol–water partition coefficient (Wildman–Crippen LogP) is 1.99. The van der Waals surface area contributed by atoms with Crippen molar-refractivity contribution in [3.8, 4) is 0 Å². The molecular formula is C8H18BF. The molecule has 2 unspecified atom stereocenters. The molecule has 0 saturated carbocycles. The third-order valence-electron chi connectivity index (χ3n) is 2.70. The first kappa shape index (κ1) is 9.99. The van der Waals surface area contributed by atoms with Gasteiger partial charge in [-0.15, -0.1) is 0 Å². The largest absolute Gasteiger partial charge is 0.254 e. The van der Waals surface area contributed by atoms with Crippen molar-refractivity contribution in [2.75, 3.05) is 0 Å².